The van der Waals surface area contributed by atoms with Crippen LogP contribution in [0.15, 0.2) is 42.5 Å². The number of rotatable bonds is 10. The van der Waals surface area contributed by atoms with E-state index in [-0.39, 0.29) is 41.9 Å². The van der Waals surface area contributed by atoms with Crippen molar-refractivity contribution in [2.45, 2.75) is 39.7 Å². The van der Waals surface area contributed by atoms with E-state index < -0.39 is 0 Å². The highest BCUT2D eigenvalue weighted by Gasteiger charge is 2.24. The Hall–Kier alpha value is -2.84. The molecular weight excluding hydrogens is 450 g/mol. The molecule has 2 aromatic rings. The van der Waals surface area contributed by atoms with Crippen LogP contribution in [0.25, 0.3) is 0 Å². The molecule has 3 rings (SSSR count). The highest BCUT2D eigenvalue weighted by atomic mass is 32.2. The molecule has 1 aliphatic rings. The third-order valence-electron chi connectivity index (χ3n) is 5.81. The zero-order valence-corrected chi connectivity index (χ0v) is 20.9. The zero-order chi connectivity index (χ0) is 24.5. The molecule has 182 valence electrons. The van der Waals surface area contributed by atoms with Gasteiger partial charge in [0, 0.05) is 24.5 Å². The highest BCUT2D eigenvalue weighted by molar-refractivity contribution is 8.00. The van der Waals surface area contributed by atoms with E-state index >= 15 is 0 Å². The number of hydrogen-bond acceptors (Lipinski definition) is 5. The average molecular weight is 484 g/mol. The maximum atomic E-state index is 13.0. The minimum absolute atomic E-state index is 0.0534. The van der Waals surface area contributed by atoms with Crippen LogP contribution >= 0.6 is 11.8 Å². The molecule has 1 fully saturated rings. The number of nitrogens with zero attached hydrogens (tertiary/aromatic N) is 1. The van der Waals surface area contributed by atoms with E-state index in [1.54, 1.807) is 4.90 Å². The van der Waals surface area contributed by atoms with Gasteiger partial charge in [-0.3, -0.25) is 14.4 Å². The second-order valence-corrected chi connectivity index (χ2v) is 9.60. The average Bonchev–Trinajstić information content (AvgIpc) is 3.31. The number of aryl methyl sites for hydroxylation is 2. The van der Waals surface area contributed by atoms with Gasteiger partial charge in [0.15, 0.2) is 0 Å². The molecule has 0 radical (unpaired) electrons. The van der Waals surface area contributed by atoms with E-state index in [4.69, 9.17) is 4.74 Å². The van der Waals surface area contributed by atoms with Crippen molar-refractivity contribution in [1.29, 1.82) is 0 Å². The highest BCUT2D eigenvalue weighted by Crippen LogP contribution is 2.19. The predicted octanol–water partition coefficient (Wildman–Crippen LogP) is 3.93. The van der Waals surface area contributed by atoms with Crippen molar-refractivity contribution < 1.29 is 19.1 Å². The van der Waals surface area contributed by atoms with Crippen LogP contribution in [-0.4, -0.2) is 59.9 Å². The Kier molecular flexibility index (Phi) is 9.53. The maximum Gasteiger partial charge on any atom is 0.244 e. The predicted molar refractivity (Wildman–Crippen MR) is 137 cm³/mol. The third kappa shape index (κ3) is 7.88. The van der Waals surface area contributed by atoms with Gasteiger partial charge in [0.2, 0.25) is 17.7 Å². The Morgan fingerprint density at radius 3 is 2.47 bits per heavy atom. The molecule has 2 aromatic carbocycles. The first-order chi connectivity index (χ1) is 16.3. The number of thioether (sulfide) groups is 1. The minimum Gasteiger partial charge on any atom is -0.376 e. The fraction of sp³-hybridized carbons (Fsp3) is 0.423. The lowest BCUT2D eigenvalue weighted by Gasteiger charge is -2.25. The van der Waals surface area contributed by atoms with Crippen LogP contribution in [0, 0.1) is 20.8 Å². The van der Waals surface area contributed by atoms with Crippen LogP contribution in [0.2, 0.25) is 0 Å². The first-order valence-corrected chi connectivity index (χ1v) is 12.7. The van der Waals surface area contributed by atoms with Crippen molar-refractivity contribution in [1.82, 2.24) is 4.90 Å². The van der Waals surface area contributed by atoms with Gasteiger partial charge in [0.1, 0.15) is 0 Å². The summed E-state index contributed by atoms with van der Waals surface area (Å²) >= 11 is 1.24. The maximum absolute atomic E-state index is 13.0. The number of amides is 3. The second-order valence-electron chi connectivity index (χ2n) is 8.61. The quantitative estimate of drug-likeness (QED) is 0.535. The van der Waals surface area contributed by atoms with E-state index in [1.165, 1.54) is 11.8 Å². The number of nitrogens with one attached hydrogen (secondary N) is 2. The molecule has 34 heavy (non-hydrogen) atoms. The Morgan fingerprint density at radius 2 is 1.76 bits per heavy atom. The van der Waals surface area contributed by atoms with Crippen LogP contribution in [0.3, 0.4) is 0 Å². The number of carbonyl (C=O) groups is 3. The van der Waals surface area contributed by atoms with E-state index in [2.05, 4.69) is 10.6 Å². The van der Waals surface area contributed by atoms with Gasteiger partial charge in [0.25, 0.3) is 0 Å². The summed E-state index contributed by atoms with van der Waals surface area (Å²) < 4.78 is 5.69. The molecule has 0 aromatic heterocycles. The van der Waals surface area contributed by atoms with Gasteiger partial charge in [-0.05, 0) is 62.9 Å². The van der Waals surface area contributed by atoms with Crippen LogP contribution in [-0.2, 0) is 19.1 Å². The fourth-order valence-corrected chi connectivity index (χ4v) is 4.41. The molecule has 7 nitrogen and oxygen atoms in total. The Balaban J connectivity index is 1.53. The molecule has 0 bridgehead atoms. The van der Waals surface area contributed by atoms with Crippen molar-refractivity contribution in [2.24, 2.45) is 0 Å². The van der Waals surface area contributed by atoms with E-state index in [0.29, 0.717) is 13.2 Å². The van der Waals surface area contributed by atoms with Crippen molar-refractivity contribution in [3.63, 3.8) is 0 Å². The number of benzene rings is 2. The second kappa shape index (κ2) is 12.6. The molecule has 1 heterocycles. The SMILES string of the molecule is Cc1ccc(NC(=O)CSCC(=O)N(CC(=O)Nc2cccc(C)c2C)CC2CCCO2)cc1. The molecule has 8 heteroatoms. The van der Waals surface area contributed by atoms with Crippen molar-refractivity contribution in [3.05, 3.63) is 59.2 Å². The van der Waals surface area contributed by atoms with Gasteiger partial charge < -0.3 is 20.3 Å². The van der Waals surface area contributed by atoms with Gasteiger partial charge in [0.05, 0.1) is 24.2 Å². The summed E-state index contributed by atoms with van der Waals surface area (Å²) in [6.07, 6.45) is 1.76. The van der Waals surface area contributed by atoms with E-state index in [9.17, 15) is 14.4 Å². The molecule has 1 aliphatic heterocycles. The molecular formula is C26H33N3O4S. The molecule has 1 atom stereocenters. The van der Waals surface area contributed by atoms with E-state index in [1.807, 2.05) is 63.2 Å². The molecule has 0 spiro atoms. The van der Waals surface area contributed by atoms with Crippen LogP contribution < -0.4 is 10.6 Å². The Bertz CT molecular complexity index is 1000. The summed E-state index contributed by atoms with van der Waals surface area (Å²) in [4.78, 5) is 39.5. The summed E-state index contributed by atoms with van der Waals surface area (Å²) in [5.41, 5.74) is 4.68. The summed E-state index contributed by atoms with van der Waals surface area (Å²) in [7, 11) is 0. The lowest BCUT2D eigenvalue weighted by molar-refractivity contribution is -0.133. The van der Waals surface area contributed by atoms with Crippen molar-refractivity contribution in [2.75, 3.05) is 41.8 Å². The normalized spacial score (nSPS) is 15.1. The number of hydrogen-bond donors (Lipinski definition) is 2. The number of anilines is 2. The lowest BCUT2D eigenvalue weighted by Crippen LogP contribution is -2.43. The standard InChI is InChI=1S/C26H33N3O4S/c1-18-9-11-21(12-10-18)27-25(31)16-34-17-26(32)29(14-22-7-5-13-33-22)15-24(30)28-23-8-4-6-19(2)20(23)3/h4,6,8-12,22H,5,7,13-17H2,1-3H3,(H,27,31)(H,28,30). The topological polar surface area (TPSA) is 87.7 Å². The largest absolute Gasteiger partial charge is 0.376 e. The molecule has 0 saturated carbocycles. The van der Waals surface area contributed by atoms with E-state index in [0.717, 1.165) is 40.9 Å². The number of carbonyl (C=O) groups excluding carboxylic acids is 3. The summed E-state index contributed by atoms with van der Waals surface area (Å²) in [5, 5.41) is 5.75. The van der Waals surface area contributed by atoms with Crippen LogP contribution in [0.4, 0.5) is 11.4 Å². The lowest BCUT2D eigenvalue weighted by atomic mass is 10.1. The zero-order valence-electron chi connectivity index (χ0n) is 20.1. The third-order valence-corrected chi connectivity index (χ3v) is 6.73. The molecule has 2 N–H and O–H groups in total. The Labute approximate surface area is 205 Å². The van der Waals surface area contributed by atoms with Gasteiger partial charge in [-0.2, -0.15) is 0 Å². The monoisotopic (exact) mass is 483 g/mol. The summed E-state index contributed by atoms with van der Waals surface area (Å²) in [6, 6.07) is 13.3. The molecule has 1 saturated heterocycles. The molecule has 3 amide bonds. The molecule has 1 unspecified atom stereocenters. The van der Waals surface area contributed by atoms with Crippen LogP contribution in [0.1, 0.15) is 29.5 Å². The van der Waals surface area contributed by atoms with Gasteiger partial charge in [-0.15, -0.1) is 11.8 Å². The first-order valence-electron chi connectivity index (χ1n) is 11.5. The Morgan fingerprint density at radius 1 is 1.00 bits per heavy atom. The minimum atomic E-state index is -0.248. The smallest absolute Gasteiger partial charge is 0.244 e. The summed E-state index contributed by atoms with van der Waals surface area (Å²) in [5.74, 6) is -0.325. The first kappa shape index (κ1) is 25.8. The summed E-state index contributed by atoms with van der Waals surface area (Å²) in [6.45, 7) is 6.92. The van der Waals surface area contributed by atoms with Gasteiger partial charge in [-0.1, -0.05) is 29.8 Å². The van der Waals surface area contributed by atoms with Crippen molar-refractivity contribution in [3.8, 4) is 0 Å². The fourth-order valence-electron chi connectivity index (χ4n) is 3.69. The van der Waals surface area contributed by atoms with Crippen molar-refractivity contribution >= 4 is 40.9 Å². The van der Waals surface area contributed by atoms with Gasteiger partial charge >= 0.3 is 0 Å². The van der Waals surface area contributed by atoms with Crippen LogP contribution in [0.5, 0.6) is 0 Å². The number of ether oxygens (including phenoxy) is 1. The molecule has 0 aliphatic carbocycles. The van der Waals surface area contributed by atoms with Gasteiger partial charge in [-0.25, -0.2) is 0 Å².